The molecule has 0 spiro atoms. The molecule has 0 atom stereocenters. The molecular weight excluding hydrogens is 433 g/mol. The van der Waals surface area contributed by atoms with Gasteiger partial charge in [0.15, 0.2) is 11.5 Å². The van der Waals surface area contributed by atoms with Crippen molar-refractivity contribution in [1.29, 1.82) is 0 Å². The average Bonchev–Trinajstić information content (AvgIpc) is 3.41. The first kappa shape index (κ1) is 19.6. The van der Waals surface area contributed by atoms with Gasteiger partial charge in [0.2, 0.25) is 5.65 Å². The molecule has 1 aliphatic rings. The fourth-order valence-electron chi connectivity index (χ4n) is 3.59. The monoisotopic (exact) mass is 446 g/mol. The maximum atomic E-state index is 12.7. The summed E-state index contributed by atoms with van der Waals surface area (Å²) in [5.74, 6) is 0.116. The van der Waals surface area contributed by atoms with Gasteiger partial charge in [-0.25, -0.2) is 4.98 Å². The maximum Gasteiger partial charge on any atom is 0.573 e. The zero-order valence-corrected chi connectivity index (χ0v) is 16.6. The molecule has 0 saturated heterocycles. The number of alkyl halides is 3. The van der Waals surface area contributed by atoms with Crippen LogP contribution in [0.1, 0.15) is 24.2 Å². The Morgan fingerprint density at radius 3 is 2.35 bits per heavy atom. The van der Waals surface area contributed by atoms with Crippen LogP contribution < -0.4 is 9.47 Å². The van der Waals surface area contributed by atoms with Crippen LogP contribution in [0.2, 0.25) is 5.02 Å². The molecule has 158 valence electrons. The normalized spacial score (nSPS) is 15.1. The summed E-state index contributed by atoms with van der Waals surface area (Å²) >= 11 is 6.01. The highest BCUT2D eigenvalue weighted by molar-refractivity contribution is 6.30. The second-order valence-electron chi connectivity index (χ2n) is 7.14. The number of ether oxygens (including phenoxy) is 2. The number of rotatable bonds is 5. The van der Waals surface area contributed by atoms with E-state index in [2.05, 4.69) is 19.9 Å². The third kappa shape index (κ3) is 3.65. The highest BCUT2D eigenvalue weighted by atomic mass is 35.5. The van der Waals surface area contributed by atoms with Crippen molar-refractivity contribution in [3.8, 4) is 17.4 Å². The summed E-state index contributed by atoms with van der Waals surface area (Å²) < 4.78 is 49.6. The molecule has 0 radical (unpaired) electrons. The fourth-order valence-corrected chi connectivity index (χ4v) is 3.71. The van der Waals surface area contributed by atoms with Gasteiger partial charge in [0, 0.05) is 17.4 Å². The zero-order valence-electron chi connectivity index (χ0n) is 15.8. The first-order valence-corrected chi connectivity index (χ1v) is 9.72. The van der Waals surface area contributed by atoms with E-state index in [4.69, 9.17) is 16.3 Å². The van der Waals surface area contributed by atoms with E-state index < -0.39 is 12.1 Å². The number of halogens is 4. The largest absolute Gasteiger partial charge is 0.573 e. The van der Waals surface area contributed by atoms with Gasteiger partial charge >= 0.3 is 6.36 Å². The van der Waals surface area contributed by atoms with Crippen LogP contribution in [0.25, 0.3) is 5.65 Å². The van der Waals surface area contributed by atoms with Crippen LogP contribution in [-0.4, -0.2) is 25.9 Å². The lowest BCUT2D eigenvalue weighted by molar-refractivity contribution is -0.275. The second-order valence-corrected chi connectivity index (χ2v) is 7.57. The molecule has 1 saturated carbocycles. The molecule has 0 N–H and O–H groups in total. The molecule has 0 aliphatic heterocycles. The maximum absolute atomic E-state index is 12.7. The van der Waals surface area contributed by atoms with Gasteiger partial charge in [-0.1, -0.05) is 35.9 Å². The topological polar surface area (TPSA) is 61.5 Å². The number of benzene rings is 2. The van der Waals surface area contributed by atoms with Gasteiger partial charge in [-0.2, -0.15) is 0 Å². The van der Waals surface area contributed by atoms with Gasteiger partial charge in [-0.05, 0) is 42.7 Å². The minimum absolute atomic E-state index is 0.0198. The average molecular weight is 447 g/mol. The van der Waals surface area contributed by atoms with Crippen molar-refractivity contribution in [3.63, 3.8) is 0 Å². The molecule has 10 heteroatoms. The molecule has 6 nitrogen and oxygen atoms in total. The van der Waals surface area contributed by atoms with Crippen molar-refractivity contribution in [2.24, 2.45) is 0 Å². The summed E-state index contributed by atoms with van der Waals surface area (Å²) in [5, 5.41) is 9.21. The standard InChI is InChI=1S/C21H14ClF3N4O2/c22-14-7-5-13(6-8-14)20(9-10-20)19-28-27-17-18(26-11-12-29(17)19)30-15-3-1-2-4-16(15)31-21(23,24)25/h1-8,11-12H,9-10H2. The lowest BCUT2D eigenvalue weighted by Gasteiger charge is -2.15. The van der Waals surface area contributed by atoms with E-state index in [9.17, 15) is 13.2 Å². The van der Waals surface area contributed by atoms with Crippen LogP contribution in [0.4, 0.5) is 13.2 Å². The molecule has 2 aromatic carbocycles. The van der Waals surface area contributed by atoms with Crippen molar-refractivity contribution < 1.29 is 22.6 Å². The molecule has 31 heavy (non-hydrogen) atoms. The summed E-state index contributed by atoms with van der Waals surface area (Å²) in [6.45, 7) is 0. The minimum atomic E-state index is -4.85. The van der Waals surface area contributed by atoms with Gasteiger partial charge in [-0.3, -0.25) is 4.40 Å². The summed E-state index contributed by atoms with van der Waals surface area (Å²) in [4.78, 5) is 4.14. The van der Waals surface area contributed by atoms with Crippen LogP contribution in [0, 0.1) is 0 Å². The molecule has 1 aliphatic carbocycles. The van der Waals surface area contributed by atoms with E-state index >= 15 is 0 Å². The Bertz CT molecular complexity index is 1250. The van der Waals surface area contributed by atoms with E-state index in [0.29, 0.717) is 16.5 Å². The number of hydrogen-bond acceptors (Lipinski definition) is 5. The van der Waals surface area contributed by atoms with Gasteiger partial charge in [0.25, 0.3) is 5.88 Å². The second kappa shape index (κ2) is 7.12. The third-order valence-corrected chi connectivity index (χ3v) is 5.40. The lowest BCUT2D eigenvalue weighted by Crippen LogP contribution is -2.17. The van der Waals surface area contributed by atoms with Crippen molar-refractivity contribution in [2.45, 2.75) is 24.6 Å². The van der Waals surface area contributed by atoms with E-state index in [1.165, 1.54) is 24.4 Å². The Kier molecular flexibility index (Phi) is 4.51. The Balaban J connectivity index is 1.53. The quantitative estimate of drug-likeness (QED) is 0.402. The number of fused-ring (bicyclic) bond motifs is 1. The third-order valence-electron chi connectivity index (χ3n) is 5.15. The van der Waals surface area contributed by atoms with E-state index in [0.717, 1.165) is 24.5 Å². The molecule has 4 aromatic rings. The van der Waals surface area contributed by atoms with E-state index in [-0.39, 0.29) is 17.0 Å². The molecule has 0 bridgehead atoms. The molecule has 2 aromatic heterocycles. The minimum Gasteiger partial charge on any atom is -0.432 e. The Morgan fingerprint density at radius 2 is 1.68 bits per heavy atom. The Morgan fingerprint density at radius 1 is 0.968 bits per heavy atom. The SMILES string of the molecule is FC(F)(F)Oc1ccccc1Oc1nccn2c(C3(c4ccc(Cl)cc4)CC3)nnc12. The predicted molar refractivity (Wildman–Crippen MR) is 105 cm³/mol. The lowest BCUT2D eigenvalue weighted by atomic mass is 9.95. The highest BCUT2D eigenvalue weighted by Gasteiger charge is 2.49. The van der Waals surface area contributed by atoms with Crippen molar-refractivity contribution in [2.75, 3.05) is 0 Å². The van der Waals surface area contributed by atoms with Crippen LogP contribution >= 0.6 is 11.6 Å². The van der Waals surface area contributed by atoms with Crippen molar-refractivity contribution >= 4 is 17.2 Å². The fraction of sp³-hybridized carbons (Fsp3) is 0.190. The van der Waals surface area contributed by atoms with E-state index in [1.54, 1.807) is 10.6 Å². The van der Waals surface area contributed by atoms with E-state index in [1.807, 2.05) is 24.3 Å². The number of nitrogens with zero attached hydrogens (tertiary/aromatic N) is 4. The van der Waals surface area contributed by atoms with Crippen LogP contribution in [0.3, 0.4) is 0 Å². The summed E-state index contributed by atoms with van der Waals surface area (Å²) in [7, 11) is 0. The Hall–Kier alpha value is -3.33. The van der Waals surface area contributed by atoms with Gasteiger partial charge in [0.05, 0.1) is 5.41 Å². The number of hydrogen-bond donors (Lipinski definition) is 0. The van der Waals surface area contributed by atoms with Crippen molar-refractivity contribution in [3.05, 3.63) is 77.3 Å². The number of para-hydroxylation sites is 2. The summed E-state index contributed by atoms with van der Waals surface area (Å²) in [5.41, 5.74) is 1.05. The van der Waals surface area contributed by atoms with Gasteiger partial charge in [-0.15, -0.1) is 23.4 Å². The first-order chi connectivity index (χ1) is 14.9. The smallest absolute Gasteiger partial charge is 0.432 e. The molecule has 2 heterocycles. The highest BCUT2D eigenvalue weighted by Crippen LogP contribution is 2.53. The molecule has 0 amide bonds. The van der Waals surface area contributed by atoms with Crippen LogP contribution in [0.5, 0.6) is 17.4 Å². The van der Waals surface area contributed by atoms with Gasteiger partial charge in [0.1, 0.15) is 5.82 Å². The van der Waals surface area contributed by atoms with Gasteiger partial charge < -0.3 is 9.47 Å². The number of aromatic nitrogens is 4. The summed E-state index contributed by atoms with van der Waals surface area (Å²) in [6.07, 6.45) is 0.107. The first-order valence-electron chi connectivity index (χ1n) is 9.35. The molecule has 0 unspecified atom stereocenters. The summed E-state index contributed by atoms with van der Waals surface area (Å²) in [6, 6.07) is 13.0. The molecule has 1 fully saturated rings. The van der Waals surface area contributed by atoms with Crippen molar-refractivity contribution in [1.82, 2.24) is 19.6 Å². The van der Waals surface area contributed by atoms with Crippen LogP contribution in [0.15, 0.2) is 60.9 Å². The molecule has 5 rings (SSSR count). The van der Waals surface area contributed by atoms with Crippen LogP contribution in [-0.2, 0) is 5.41 Å². The molecular formula is C21H14ClF3N4O2. The zero-order chi connectivity index (χ0) is 21.6. The Labute approximate surface area is 179 Å². The predicted octanol–water partition coefficient (Wildman–Crippen LogP) is 5.55.